The molecule has 1 aliphatic heterocycles. The number of rotatable bonds is 2. The largest absolute Gasteiger partial charge is 0.381 e. The first-order chi connectivity index (χ1) is 6.83. The first-order valence-electron chi connectivity index (χ1n) is 4.83. The molecule has 0 aromatic carbocycles. The summed E-state index contributed by atoms with van der Waals surface area (Å²) in [5, 5.41) is 7.26. The summed E-state index contributed by atoms with van der Waals surface area (Å²) in [6.07, 6.45) is 2.10. The lowest BCUT2D eigenvalue weighted by Crippen LogP contribution is -2.14. The summed E-state index contributed by atoms with van der Waals surface area (Å²) in [7, 11) is 0. The van der Waals surface area contributed by atoms with Crippen LogP contribution < -0.4 is 5.73 Å². The highest BCUT2D eigenvalue weighted by atomic mass is 79.9. The Kier molecular flexibility index (Phi) is 3.20. The Morgan fingerprint density at radius 3 is 2.79 bits per heavy atom. The van der Waals surface area contributed by atoms with Crippen molar-refractivity contribution < 1.29 is 4.74 Å². The molecule has 2 rings (SSSR count). The zero-order chi connectivity index (χ0) is 9.97. The third-order valence-electron chi connectivity index (χ3n) is 2.61. The van der Waals surface area contributed by atoms with Crippen LogP contribution in [-0.2, 0) is 11.3 Å². The second-order valence-corrected chi connectivity index (χ2v) is 4.29. The number of H-pyrrole nitrogens is 1. The van der Waals surface area contributed by atoms with Crippen molar-refractivity contribution >= 4 is 15.9 Å². The molecule has 0 saturated carbocycles. The average molecular weight is 260 g/mol. The zero-order valence-corrected chi connectivity index (χ0v) is 9.51. The van der Waals surface area contributed by atoms with Gasteiger partial charge in [-0.1, -0.05) is 0 Å². The van der Waals surface area contributed by atoms with Crippen LogP contribution in [0.2, 0.25) is 0 Å². The van der Waals surface area contributed by atoms with Gasteiger partial charge in [0.05, 0.1) is 15.9 Å². The third kappa shape index (κ3) is 1.85. The Hall–Kier alpha value is -0.390. The summed E-state index contributed by atoms with van der Waals surface area (Å²) in [4.78, 5) is 0. The lowest BCUT2D eigenvalue weighted by Gasteiger charge is -2.20. The highest BCUT2D eigenvalue weighted by molar-refractivity contribution is 9.10. The van der Waals surface area contributed by atoms with Gasteiger partial charge in [0, 0.05) is 25.7 Å². The van der Waals surface area contributed by atoms with E-state index < -0.39 is 0 Å². The molecule has 0 spiro atoms. The standard InChI is InChI=1S/C9H14BrN3O/c10-8-7(5-11)12-13-9(8)6-1-3-14-4-2-6/h6H,1-5,11H2,(H,12,13). The zero-order valence-electron chi connectivity index (χ0n) is 7.92. The summed E-state index contributed by atoms with van der Waals surface area (Å²) in [6, 6.07) is 0. The van der Waals surface area contributed by atoms with Gasteiger partial charge in [-0.2, -0.15) is 5.10 Å². The Labute approximate surface area is 91.3 Å². The molecule has 78 valence electrons. The van der Waals surface area contributed by atoms with E-state index in [9.17, 15) is 0 Å². The van der Waals surface area contributed by atoms with Gasteiger partial charge < -0.3 is 10.5 Å². The minimum absolute atomic E-state index is 0.497. The van der Waals surface area contributed by atoms with Crippen LogP contribution in [0.25, 0.3) is 0 Å². The first kappa shape index (κ1) is 10.1. The predicted molar refractivity (Wildman–Crippen MR) is 57.0 cm³/mol. The number of nitrogens with one attached hydrogen (secondary N) is 1. The maximum absolute atomic E-state index is 5.57. The molecule has 14 heavy (non-hydrogen) atoms. The second-order valence-electron chi connectivity index (χ2n) is 3.49. The van der Waals surface area contributed by atoms with Crippen LogP contribution in [0.4, 0.5) is 0 Å². The highest BCUT2D eigenvalue weighted by Crippen LogP contribution is 2.32. The van der Waals surface area contributed by atoms with Crippen LogP contribution in [0.3, 0.4) is 0 Å². The van der Waals surface area contributed by atoms with Crippen molar-refractivity contribution in [3.63, 3.8) is 0 Å². The van der Waals surface area contributed by atoms with E-state index in [-0.39, 0.29) is 0 Å². The van der Waals surface area contributed by atoms with Crippen LogP contribution in [-0.4, -0.2) is 23.4 Å². The van der Waals surface area contributed by atoms with E-state index in [0.29, 0.717) is 12.5 Å². The number of nitrogens with two attached hydrogens (primary N) is 1. The molecule has 0 unspecified atom stereocenters. The average Bonchev–Trinajstić information content (AvgIpc) is 2.61. The molecule has 3 N–H and O–H groups in total. The number of aromatic amines is 1. The Morgan fingerprint density at radius 2 is 2.21 bits per heavy atom. The monoisotopic (exact) mass is 259 g/mol. The summed E-state index contributed by atoms with van der Waals surface area (Å²) in [5.41, 5.74) is 7.65. The van der Waals surface area contributed by atoms with Crippen LogP contribution in [0.15, 0.2) is 4.47 Å². The van der Waals surface area contributed by atoms with E-state index in [1.807, 2.05) is 0 Å². The van der Waals surface area contributed by atoms with Gasteiger partial charge >= 0.3 is 0 Å². The maximum atomic E-state index is 5.57. The molecule has 0 amide bonds. The number of hydrogen-bond donors (Lipinski definition) is 2. The summed E-state index contributed by atoms with van der Waals surface area (Å²) in [6.45, 7) is 2.17. The Bertz CT molecular complexity index is 307. The summed E-state index contributed by atoms with van der Waals surface area (Å²) in [5.74, 6) is 0.509. The molecule has 2 heterocycles. The van der Waals surface area contributed by atoms with Gasteiger partial charge in [-0.25, -0.2) is 0 Å². The van der Waals surface area contributed by atoms with Crippen LogP contribution in [0.1, 0.15) is 30.1 Å². The molecule has 0 atom stereocenters. The molecule has 1 aromatic heterocycles. The van der Waals surface area contributed by atoms with E-state index in [0.717, 1.165) is 41.9 Å². The van der Waals surface area contributed by atoms with Gasteiger partial charge in [0.25, 0.3) is 0 Å². The number of aromatic nitrogens is 2. The molecule has 5 heteroatoms. The molecule has 1 aromatic rings. The molecule has 0 bridgehead atoms. The number of hydrogen-bond acceptors (Lipinski definition) is 3. The molecular formula is C9H14BrN3O. The van der Waals surface area contributed by atoms with Gasteiger partial charge in [-0.15, -0.1) is 0 Å². The fourth-order valence-corrected chi connectivity index (χ4v) is 2.42. The van der Waals surface area contributed by atoms with Crippen molar-refractivity contribution in [1.29, 1.82) is 0 Å². The van der Waals surface area contributed by atoms with E-state index >= 15 is 0 Å². The predicted octanol–water partition coefficient (Wildman–Crippen LogP) is 1.52. The molecule has 1 fully saturated rings. The minimum atomic E-state index is 0.497. The van der Waals surface area contributed by atoms with Crippen LogP contribution in [0, 0.1) is 0 Å². The normalized spacial score (nSPS) is 18.7. The third-order valence-corrected chi connectivity index (χ3v) is 3.50. The van der Waals surface area contributed by atoms with Crippen molar-refractivity contribution in [3.8, 4) is 0 Å². The fourth-order valence-electron chi connectivity index (χ4n) is 1.76. The van der Waals surface area contributed by atoms with Crippen molar-refractivity contribution in [2.75, 3.05) is 13.2 Å². The van der Waals surface area contributed by atoms with Crippen molar-refractivity contribution in [2.45, 2.75) is 25.3 Å². The lowest BCUT2D eigenvalue weighted by atomic mass is 9.96. The topological polar surface area (TPSA) is 63.9 Å². The van der Waals surface area contributed by atoms with E-state index in [4.69, 9.17) is 10.5 Å². The number of ether oxygens (including phenoxy) is 1. The van der Waals surface area contributed by atoms with Gasteiger partial charge in [0.2, 0.25) is 0 Å². The molecule has 1 aliphatic rings. The van der Waals surface area contributed by atoms with E-state index in [1.165, 1.54) is 0 Å². The molecule has 0 aliphatic carbocycles. The maximum Gasteiger partial charge on any atom is 0.0800 e. The first-order valence-corrected chi connectivity index (χ1v) is 5.62. The van der Waals surface area contributed by atoms with Crippen LogP contribution in [0.5, 0.6) is 0 Å². The van der Waals surface area contributed by atoms with Crippen LogP contribution >= 0.6 is 15.9 Å². The molecule has 0 radical (unpaired) electrons. The molecular weight excluding hydrogens is 246 g/mol. The lowest BCUT2D eigenvalue weighted by molar-refractivity contribution is 0.0843. The minimum Gasteiger partial charge on any atom is -0.381 e. The van der Waals surface area contributed by atoms with Crippen molar-refractivity contribution in [3.05, 3.63) is 15.9 Å². The highest BCUT2D eigenvalue weighted by Gasteiger charge is 2.22. The van der Waals surface area contributed by atoms with Gasteiger partial charge in [0.15, 0.2) is 0 Å². The quantitative estimate of drug-likeness (QED) is 0.847. The number of halogens is 1. The van der Waals surface area contributed by atoms with Crippen molar-refractivity contribution in [1.82, 2.24) is 10.2 Å². The Morgan fingerprint density at radius 1 is 1.50 bits per heavy atom. The Balaban J connectivity index is 2.18. The smallest absolute Gasteiger partial charge is 0.0800 e. The van der Waals surface area contributed by atoms with Gasteiger partial charge in [-0.05, 0) is 28.8 Å². The van der Waals surface area contributed by atoms with Crippen molar-refractivity contribution in [2.24, 2.45) is 5.73 Å². The number of nitrogens with zero attached hydrogens (tertiary/aromatic N) is 1. The summed E-state index contributed by atoms with van der Waals surface area (Å²) >= 11 is 3.53. The van der Waals surface area contributed by atoms with Gasteiger partial charge in [0.1, 0.15) is 0 Å². The fraction of sp³-hybridized carbons (Fsp3) is 0.667. The molecule has 4 nitrogen and oxygen atoms in total. The van der Waals surface area contributed by atoms with E-state index in [1.54, 1.807) is 0 Å². The summed E-state index contributed by atoms with van der Waals surface area (Å²) < 4.78 is 6.36. The second kappa shape index (κ2) is 4.42. The SMILES string of the molecule is NCc1[nH]nc(C2CCOCC2)c1Br. The van der Waals surface area contributed by atoms with Gasteiger partial charge in [-0.3, -0.25) is 5.10 Å². The molecule has 1 saturated heterocycles. The van der Waals surface area contributed by atoms with E-state index in [2.05, 4.69) is 26.1 Å².